The quantitative estimate of drug-likeness (QED) is 0.734. The third-order valence-electron chi connectivity index (χ3n) is 4.78. The van der Waals surface area contributed by atoms with E-state index in [2.05, 4.69) is 15.3 Å². The first-order valence-corrected chi connectivity index (χ1v) is 10.8. The summed E-state index contributed by atoms with van der Waals surface area (Å²) in [6, 6.07) is 3.46. The molecule has 9 heteroatoms. The fraction of sp³-hybridized carbons (Fsp3) is 0.368. The number of aromatic nitrogens is 2. The number of hydrogen-bond acceptors (Lipinski definition) is 5. The number of carbonyl (C=O) groups is 2. The van der Waals surface area contributed by atoms with Crippen LogP contribution >= 0.6 is 35.0 Å². The van der Waals surface area contributed by atoms with Crippen LogP contribution in [0, 0.1) is 5.92 Å². The van der Waals surface area contributed by atoms with E-state index in [1.165, 1.54) is 24.2 Å². The van der Waals surface area contributed by atoms with Crippen molar-refractivity contribution in [3.63, 3.8) is 0 Å². The van der Waals surface area contributed by atoms with Gasteiger partial charge in [-0.1, -0.05) is 30.1 Å². The summed E-state index contributed by atoms with van der Waals surface area (Å²) in [7, 11) is 0. The number of halogens is 2. The van der Waals surface area contributed by atoms with E-state index in [0.29, 0.717) is 30.6 Å². The molecular weight excluding hydrogens is 419 g/mol. The Hall–Kier alpha value is -1.83. The Morgan fingerprint density at radius 3 is 2.82 bits per heavy atom. The first kappa shape index (κ1) is 20.9. The third-order valence-corrected chi connectivity index (χ3v) is 6.22. The zero-order chi connectivity index (χ0) is 20.3. The van der Waals surface area contributed by atoms with Gasteiger partial charge in [0.25, 0.3) is 11.8 Å². The number of amides is 2. The Morgan fingerprint density at radius 1 is 1.32 bits per heavy atom. The first-order valence-electron chi connectivity index (χ1n) is 8.80. The largest absolute Gasteiger partial charge is 0.349 e. The summed E-state index contributed by atoms with van der Waals surface area (Å²) >= 11 is 13.6. The number of thioether (sulfide) groups is 1. The summed E-state index contributed by atoms with van der Waals surface area (Å²) in [4.78, 5) is 35.2. The van der Waals surface area contributed by atoms with Crippen molar-refractivity contribution in [2.75, 3.05) is 19.3 Å². The minimum absolute atomic E-state index is 0.0181. The number of nitrogens with one attached hydrogen (secondary N) is 1. The lowest BCUT2D eigenvalue weighted by atomic mass is 9.93. The van der Waals surface area contributed by atoms with Crippen LogP contribution in [0.5, 0.6) is 0 Å². The molecule has 1 aliphatic heterocycles. The fourth-order valence-electron chi connectivity index (χ4n) is 3.20. The average Bonchev–Trinajstić information content (AvgIpc) is 2.71. The maximum atomic E-state index is 12.8. The van der Waals surface area contributed by atoms with Gasteiger partial charge in [0.1, 0.15) is 0 Å². The first-order chi connectivity index (χ1) is 13.4. The van der Waals surface area contributed by atoms with Crippen LogP contribution < -0.4 is 5.32 Å². The molecule has 0 aliphatic carbocycles. The lowest BCUT2D eigenvalue weighted by molar-refractivity contribution is 0.0633. The number of rotatable bonds is 4. The van der Waals surface area contributed by atoms with Gasteiger partial charge in [0, 0.05) is 43.3 Å². The molecule has 6 nitrogen and oxygen atoms in total. The zero-order valence-corrected chi connectivity index (χ0v) is 17.8. The molecule has 0 spiro atoms. The summed E-state index contributed by atoms with van der Waals surface area (Å²) in [5.74, 6) is -0.235. The Kier molecular flexibility index (Phi) is 6.80. The summed E-state index contributed by atoms with van der Waals surface area (Å²) in [6.07, 6.45) is 7.05. The number of likely N-dealkylation sites (tertiary alicyclic amines) is 1. The highest BCUT2D eigenvalue weighted by molar-refractivity contribution is 7.98. The van der Waals surface area contributed by atoms with E-state index in [4.69, 9.17) is 23.2 Å². The van der Waals surface area contributed by atoms with E-state index in [9.17, 15) is 9.59 Å². The number of nitrogens with zero attached hydrogens (tertiary/aromatic N) is 3. The Morgan fingerprint density at radius 2 is 2.11 bits per heavy atom. The van der Waals surface area contributed by atoms with Gasteiger partial charge in [-0.2, -0.15) is 0 Å². The Bertz CT molecular complexity index is 896. The van der Waals surface area contributed by atoms with E-state index in [1.807, 2.05) is 13.2 Å². The minimum atomic E-state index is -0.199. The van der Waals surface area contributed by atoms with E-state index in [1.54, 1.807) is 23.2 Å². The second-order valence-corrected chi connectivity index (χ2v) is 8.28. The van der Waals surface area contributed by atoms with Crippen molar-refractivity contribution in [2.45, 2.75) is 24.4 Å². The van der Waals surface area contributed by atoms with Crippen LogP contribution in [-0.4, -0.2) is 52.1 Å². The standard InChI is InChI=1S/C19H20Cl2N4O2S/c1-11-10-25(19(27)13-8-22-9-14(20)17(13)21)6-4-15(11)24-18(26)12-3-5-23-16(7-12)28-2/h3,5,7-9,11,15H,4,6,10H2,1-2H3,(H,24,26). The van der Waals surface area contributed by atoms with Gasteiger partial charge in [-0.05, 0) is 30.7 Å². The molecule has 2 unspecified atom stereocenters. The molecule has 0 saturated carbocycles. The molecule has 2 amide bonds. The molecule has 148 valence electrons. The smallest absolute Gasteiger partial charge is 0.257 e. The van der Waals surface area contributed by atoms with Crippen LogP contribution in [0.3, 0.4) is 0 Å². The van der Waals surface area contributed by atoms with Crippen molar-refractivity contribution in [3.8, 4) is 0 Å². The summed E-state index contributed by atoms with van der Waals surface area (Å²) in [6.45, 7) is 3.05. The summed E-state index contributed by atoms with van der Waals surface area (Å²) in [5, 5.41) is 4.35. The van der Waals surface area contributed by atoms with Crippen LogP contribution in [0.15, 0.2) is 35.7 Å². The number of pyridine rings is 2. The van der Waals surface area contributed by atoms with Gasteiger partial charge in [-0.3, -0.25) is 14.6 Å². The highest BCUT2D eigenvalue weighted by Crippen LogP contribution is 2.27. The van der Waals surface area contributed by atoms with Crippen molar-refractivity contribution in [1.82, 2.24) is 20.2 Å². The number of piperidine rings is 1. The molecule has 3 heterocycles. The normalized spacial score (nSPS) is 19.4. The Balaban J connectivity index is 1.64. The molecule has 0 aromatic carbocycles. The lowest BCUT2D eigenvalue weighted by Crippen LogP contribution is -2.51. The average molecular weight is 439 g/mol. The van der Waals surface area contributed by atoms with Crippen LogP contribution in [0.4, 0.5) is 0 Å². The molecule has 1 aliphatic rings. The summed E-state index contributed by atoms with van der Waals surface area (Å²) in [5.41, 5.74) is 0.882. The van der Waals surface area contributed by atoms with Gasteiger partial charge < -0.3 is 10.2 Å². The molecule has 3 rings (SSSR count). The van der Waals surface area contributed by atoms with Gasteiger partial charge in [-0.25, -0.2) is 4.98 Å². The molecule has 1 fully saturated rings. The molecular formula is C19H20Cl2N4O2S. The van der Waals surface area contributed by atoms with Gasteiger partial charge in [0.15, 0.2) is 0 Å². The van der Waals surface area contributed by atoms with Crippen molar-refractivity contribution in [2.24, 2.45) is 5.92 Å². The minimum Gasteiger partial charge on any atom is -0.349 e. The van der Waals surface area contributed by atoms with E-state index >= 15 is 0 Å². The van der Waals surface area contributed by atoms with Crippen molar-refractivity contribution >= 4 is 46.8 Å². The monoisotopic (exact) mass is 438 g/mol. The molecule has 2 aromatic rings. The molecule has 0 bridgehead atoms. The lowest BCUT2D eigenvalue weighted by Gasteiger charge is -2.37. The topological polar surface area (TPSA) is 75.2 Å². The third kappa shape index (κ3) is 4.59. The molecule has 2 atom stereocenters. The summed E-state index contributed by atoms with van der Waals surface area (Å²) < 4.78 is 0. The van der Waals surface area contributed by atoms with E-state index in [-0.39, 0.29) is 33.8 Å². The van der Waals surface area contributed by atoms with Crippen LogP contribution in [-0.2, 0) is 0 Å². The second kappa shape index (κ2) is 9.11. The SMILES string of the molecule is CSc1cc(C(=O)NC2CCN(C(=O)c3cncc(Cl)c3Cl)CC2C)ccn1. The number of hydrogen-bond donors (Lipinski definition) is 1. The van der Waals surface area contributed by atoms with Crippen LogP contribution in [0.1, 0.15) is 34.1 Å². The molecule has 2 aromatic heterocycles. The van der Waals surface area contributed by atoms with Crippen LogP contribution in [0.25, 0.3) is 0 Å². The van der Waals surface area contributed by atoms with Gasteiger partial charge in [-0.15, -0.1) is 11.8 Å². The highest BCUT2D eigenvalue weighted by Gasteiger charge is 2.31. The molecule has 1 N–H and O–H groups in total. The highest BCUT2D eigenvalue weighted by atomic mass is 35.5. The second-order valence-electron chi connectivity index (χ2n) is 6.67. The van der Waals surface area contributed by atoms with Crippen LogP contribution in [0.2, 0.25) is 10.0 Å². The zero-order valence-electron chi connectivity index (χ0n) is 15.5. The number of carbonyl (C=O) groups excluding carboxylic acids is 2. The maximum Gasteiger partial charge on any atom is 0.257 e. The van der Waals surface area contributed by atoms with Gasteiger partial charge in [0.05, 0.1) is 20.6 Å². The van der Waals surface area contributed by atoms with Crippen molar-refractivity contribution in [3.05, 3.63) is 51.9 Å². The van der Waals surface area contributed by atoms with E-state index in [0.717, 1.165) is 5.03 Å². The maximum absolute atomic E-state index is 12.8. The molecule has 28 heavy (non-hydrogen) atoms. The Labute approximate surface area is 178 Å². The fourth-order valence-corrected chi connectivity index (χ4v) is 3.94. The van der Waals surface area contributed by atoms with Gasteiger partial charge >= 0.3 is 0 Å². The van der Waals surface area contributed by atoms with Gasteiger partial charge in [0.2, 0.25) is 0 Å². The predicted molar refractivity (Wildman–Crippen MR) is 111 cm³/mol. The van der Waals surface area contributed by atoms with Crippen molar-refractivity contribution in [1.29, 1.82) is 0 Å². The molecule has 1 saturated heterocycles. The predicted octanol–water partition coefficient (Wildman–Crippen LogP) is 3.79. The van der Waals surface area contributed by atoms with Crippen molar-refractivity contribution < 1.29 is 9.59 Å². The van der Waals surface area contributed by atoms with E-state index < -0.39 is 0 Å². The molecule has 0 radical (unpaired) electrons.